The third-order valence-electron chi connectivity index (χ3n) is 2.85. The first-order valence-corrected chi connectivity index (χ1v) is 6.69. The van der Waals surface area contributed by atoms with Crippen molar-refractivity contribution in [3.63, 3.8) is 0 Å². The number of nitrogens with zero attached hydrogens (tertiary/aromatic N) is 1. The number of carbonyl (C=O) groups is 2. The Morgan fingerprint density at radius 3 is 2.09 bits per heavy atom. The van der Waals surface area contributed by atoms with Crippen molar-refractivity contribution in [3.05, 3.63) is 66.2 Å². The SMILES string of the molecule is C1=Nc2ccccc2Nc2ccccc21.O=C(O)/C=C\C(=O)O. The van der Waals surface area contributed by atoms with Gasteiger partial charge in [0.2, 0.25) is 0 Å². The minimum absolute atomic E-state index is 0.558. The predicted molar refractivity (Wildman–Crippen MR) is 87.8 cm³/mol. The second kappa shape index (κ2) is 7.56. The third-order valence-corrected chi connectivity index (χ3v) is 2.85. The van der Waals surface area contributed by atoms with Crippen LogP contribution in [0.25, 0.3) is 0 Å². The molecule has 3 rings (SSSR count). The van der Waals surface area contributed by atoms with Crippen LogP contribution in [-0.4, -0.2) is 28.4 Å². The number of fused-ring (bicyclic) bond motifs is 2. The second-order valence-corrected chi connectivity index (χ2v) is 4.50. The van der Waals surface area contributed by atoms with Gasteiger partial charge >= 0.3 is 11.9 Å². The van der Waals surface area contributed by atoms with Gasteiger partial charge in [-0.3, -0.25) is 4.99 Å². The van der Waals surface area contributed by atoms with Gasteiger partial charge in [0, 0.05) is 29.6 Å². The first-order chi connectivity index (χ1) is 11.1. The number of carboxylic acid groups (broad SMARTS) is 2. The standard InChI is InChI=1S/C13H10N2.C4H4O4/c1-2-6-11-10(5-1)9-14-12-7-3-4-8-13(12)15-11;5-3(6)1-2-4(7)8/h1-9,15H;1-2H,(H,5,6)(H,7,8)/b;2-1-. The summed E-state index contributed by atoms with van der Waals surface area (Å²) in [5.41, 5.74) is 4.26. The van der Waals surface area contributed by atoms with Crippen LogP contribution in [0.5, 0.6) is 0 Å². The normalized spacial score (nSPS) is 11.3. The Balaban J connectivity index is 0.000000207. The average Bonchev–Trinajstić information content (AvgIpc) is 2.72. The lowest BCUT2D eigenvalue weighted by Crippen LogP contribution is -1.91. The fourth-order valence-electron chi connectivity index (χ4n) is 1.84. The predicted octanol–water partition coefficient (Wildman–Crippen LogP) is 3.21. The summed E-state index contributed by atoms with van der Waals surface area (Å²) in [5, 5.41) is 19.0. The van der Waals surface area contributed by atoms with Crippen molar-refractivity contribution >= 4 is 35.2 Å². The van der Waals surface area contributed by atoms with E-state index >= 15 is 0 Å². The summed E-state index contributed by atoms with van der Waals surface area (Å²) in [5.74, 6) is -2.51. The fraction of sp³-hybridized carbons (Fsp3) is 0. The van der Waals surface area contributed by atoms with Crippen LogP contribution in [0.3, 0.4) is 0 Å². The van der Waals surface area contributed by atoms with Crippen molar-refractivity contribution in [1.29, 1.82) is 0 Å². The smallest absolute Gasteiger partial charge is 0.328 e. The summed E-state index contributed by atoms with van der Waals surface area (Å²) >= 11 is 0. The van der Waals surface area contributed by atoms with E-state index in [0.717, 1.165) is 22.6 Å². The maximum atomic E-state index is 9.55. The number of carboxylic acids is 2. The zero-order chi connectivity index (χ0) is 16.7. The molecule has 6 nitrogen and oxygen atoms in total. The Kier molecular flexibility index (Phi) is 5.25. The number of aliphatic carboxylic acids is 2. The zero-order valence-electron chi connectivity index (χ0n) is 12.0. The molecule has 116 valence electrons. The van der Waals surface area contributed by atoms with E-state index in [4.69, 9.17) is 10.2 Å². The van der Waals surface area contributed by atoms with Gasteiger partial charge < -0.3 is 15.5 Å². The molecule has 0 saturated heterocycles. The molecular weight excluding hydrogens is 296 g/mol. The highest BCUT2D eigenvalue weighted by molar-refractivity contribution is 5.95. The van der Waals surface area contributed by atoms with Crippen molar-refractivity contribution in [3.8, 4) is 0 Å². The van der Waals surface area contributed by atoms with E-state index in [2.05, 4.69) is 22.4 Å². The molecule has 0 amide bonds. The highest BCUT2D eigenvalue weighted by atomic mass is 16.4. The number of hydrogen-bond donors (Lipinski definition) is 3. The molecule has 0 radical (unpaired) electrons. The molecule has 0 unspecified atom stereocenters. The maximum Gasteiger partial charge on any atom is 0.328 e. The molecule has 23 heavy (non-hydrogen) atoms. The monoisotopic (exact) mass is 310 g/mol. The Bertz CT molecular complexity index is 718. The number of para-hydroxylation sites is 3. The van der Waals surface area contributed by atoms with E-state index in [1.54, 1.807) is 0 Å². The first-order valence-electron chi connectivity index (χ1n) is 6.69. The van der Waals surface area contributed by atoms with Crippen molar-refractivity contribution in [1.82, 2.24) is 0 Å². The van der Waals surface area contributed by atoms with E-state index in [1.165, 1.54) is 0 Å². The Morgan fingerprint density at radius 2 is 1.43 bits per heavy atom. The number of benzene rings is 2. The zero-order valence-corrected chi connectivity index (χ0v) is 12.0. The lowest BCUT2D eigenvalue weighted by atomic mass is 10.2. The number of nitrogens with one attached hydrogen (secondary N) is 1. The van der Waals surface area contributed by atoms with Crippen LogP contribution in [0, 0.1) is 0 Å². The van der Waals surface area contributed by atoms with Crippen LogP contribution in [0.15, 0.2) is 65.7 Å². The van der Waals surface area contributed by atoms with Gasteiger partial charge in [0.05, 0.1) is 11.4 Å². The molecule has 0 aliphatic carbocycles. The van der Waals surface area contributed by atoms with E-state index in [-0.39, 0.29) is 0 Å². The molecule has 0 atom stereocenters. The molecule has 2 aromatic rings. The lowest BCUT2D eigenvalue weighted by molar-refractivity contribution is -0.134. The van der Waals surface area contributed by atoms with Crippen LogP contribution < -0.4 is 5.32 Å². The average molecular weight is 310 g/mol. The molecule has 0 spiro atoms. The van der Waals surface area contributed by atoms with Crippen molar-refractivity contribution in [2.45, 2.75) is 0 Å². The summed E-state index contributed by atoms with van der Waals surface area (Å²) in [6.45, 7) is 0. The molecule has 6 heteroatoms. The summed E-state index contributed by atoms with van der Waals surface area (Å²) in [6.07, 6.45) is 3.01. The van der Waals surface area contributed by atoms with Crippen molar-refractivity contribution < 1.29 is 19.8 Å². The van der Waals surface area contributed by atoms with Crippen molar-refractivity contribution in [2.24, 2.45) is 4.99 Å². The van der Waals surface area contributed by atoms with Gasteiger partial charge in [-0.05, 0) is 18.2 Å². The van der Waals surface area contributed by atoms with Gasteiger partial charge in [-0.25, -0.2) is 9.59 Å². The van der Waals surface area contributed by atoms with E-state index in [0.29, 0.717) is 12.2 Å². The van der Waals surface area contributed by atoms with Gasteiger partial charge in [0.15, 0.2) is 0 Å². The van der Waals surface area contributed by atoms with Crippen LogP contribution >= 0.6 is 0 Å². The molecular formula is C17H14N2O4. The van der Waals surface area contributed by atoms with Crippen LogP contribution in [-0.2, 0) is 9.59 Å². The maximum absolute atomic E-state index is 9.55. The van der Waals surface area contributed by atoms with Crippen LogP contribution in [0.1, 0.15) is 5.56 Å². The quantitative estimate of drug-likeness (QED) is 0.631. The Labute approximate surface area is 132 Å². The number of anilines is 2. The van der Waals surface area contributed by atoms with E-state index < -0.39 is 11.9 Å². The summed E-state index contributed by atoms with van der Waals surface area (Å²) in [7, 11) is 0. The molecule has 2 aromatic carbocycles. The van der Waals surface area contributed by atoms with Crippen LogP contribution in [0.2, 0.25) is 0 Å². The summed E-state index contributed by atoms with van der Waals surface area (Å²) < 4.78 is 0. The van der Waals surface area contributed by atoms with Gasteiger partial charge in [0.1, 0.15) is 0 Å². The highest BCUT2D eigenvalue weighted by Crippen LogP contribution is 2.31. The van der Waals surface area contributed by atoms with E-state index in [9.17, 15) is 9.59 Å². The first kappa shape index (κ1) is 16.0. The lowest BCUT2D eigenvalue weighted by Gasteiger charge is -2.07. The Morgan fingerprint density at radius 1 is 0.870 bits per heavy atom. The fourth-order valence-corrected chi connectivity index (χ4v) is 1.84. The molecule has 0 bridgehead atoms. The minimum Gasteiger partial charge on any atom is -0.478 e. The summed E-state index contributed by atoms with van der Waals surface area (Å²) in [6, 6.07) is 16.2. The second-order valence-electron chi connectivity index (χ2n) is 4.50. The molecule has 1 aliphatic rings. The molecule has 1 heterocycles. The van der Waals surface area contributed by atoms with Gasteiger partial charge in [0.25, 0.3) is 0 Å². The molecule has 1 aliphatic heterocycles. The van der Waals surface area contributed by atoms with Gasteiger partial charge in [-0.1, -0.05) is 30.3 Å². The molecule has 0 fully saturated rings. The minimum atomic E-state index is -1.26. The highest BCUT2D eigenvalue weighted by Gasteiger charge is 2.06. The topological polar surface area (TPSA) is 99.0 Å². The van der Waals surface area contributed by atoms with Crippen molar-refractivity contribution in [2.75, 3.05) is 5.32 Å². The van der Waals surface area contributed by atoms with Gasteiger partial charge in [-0.2, -0.15) is 0 Å². The molecule has 0 aromatic heterocycles. The summed E-state index contributed by atoms with van der Waals surface area (Å²) in [4.78, 5) is 23.5. The number of hydrogen-bond acceptors (Lipinski definition) is 4. The molecule has 0 saturated carbocycles. The number of rotatable bonds is 2. The number of aliphatic imine (C=N–C) groups is 1. The molecule has 3 N–H and O–H groups in total. The van der Waals surface area contributed by atoms with Crippen LogP contribution in [0.4, 0.5) is 17.1 Å². The van der Waals surface area contributed by atoms with E-state index in [1.807, 2.05) is 42.6 Å². The Hall–Kier alpha value is -3.41. The largest absolute Gasteiger partial charge is 0.478 e. The van der Waals surface area contributed by atoms with Gasteiger partial charge in [-0.15, -0.1) is 0 Å². The third kappa shape index (κ3) is 4.82.